The number of methoxy groups -OCH3 is 1. The number of ether oxygens (including phenoxy) is 2. The summed E-state index contributed by atoms with van der Waals surface area (Å²) in [6.45, 7) is 3.47. The van der Waals surface area contributed by atoms with Crippen LogP contribution in [0.2, 0.25) is 0 Å². The van der Waals surface area contributed by atoms with E-state index in [1.54, 1.807) is 23.5 Å². The molecule has 0 aliphatic carbocycles. The lowest BCUT2D eigenvalue weighted by atomic mass is 10.1. The van der Waals surface area contributed by atoms with Gasteiger partial charge in [-0.2, -0.15) is 0 Å². The van der Waals surface area contributed by atoms with Crippen molar-refractivity contribution in [3.05, 3.63) is 77.3 Å². The molecule has 0 amide bonds. The van der Waals surface area contributed by atoms with Gasteiger partial charge in [0.2, 0.25) is 0 Å². The highest BCUT2D eigenvalue weighted by molar-refractivity contribution is 6.02. The maximum atomic E-state index is 13.9. The Morgan fingerprint density at radius 3 is 2.56 bits per heavy atom. The van der Waals surface area contributed by atoms with Gasteiger partial charge < -0.3 is 14.0 Å². The fourth-order valence-electron chi connectivity index (χ4n) is 4.07. The Bertz CT molecular complexity index is 1280. The molecule has 1 aromatic heterocycles. The summed E-state index contributed by atoms with van der Waals surface area (Å²) in [5.74, 6) is -2.24. The molecule has 0 N–H and O–H groups in total. The zero-order chi connectivity index (χ0) is 23.8. The molecule has 2 aliphatic rings. The molecule has 3 heterocycles. The van der Waals surface area contributed by atoms with E-state index in [-0.39, 0.29) is 5.69 Å². The van der Waals surface area contributed by atoms with Crippen molar-refractivity contribution in [1.82, 2.24) is 14.6 Å². The van der Waals surface area contributed by atoms with Crippen LogP contribution in [0.5, 0.6) is 5.75 Å². The second-order valence-corrected chi connectivity index (χ2v) is 7.89. The first-order valence-corrected chi connectivity index (χ1v) is 10.7. The molecule has 5 rings (SSSR count). The van der Waals surface area contributed by atoms with Gasteiger partial charge in [-0.1, -0.05) is 6.07 Å². The number of benzene rings is 2. The molecule has 0 bridgehead atoms. The predicted molar refractivity (Wildman–Crippen MR) is 121 cm³/mol. The number of hydrogen-bond donors (Lipinski definition) is 0. The first kappa shape index (κ1) is 21.9. The lowest BCUT2D eigenvalue weighted by Crippen LogP contribution is -2.55. The number of fused-ring (bicyclic) bond motifs is 1. The third-order valence-corrected chi connectivity index (χ3v) is 5.65. The van der Waals surface area contributed by atoms with Crippen molar-refractivity contribution in [2.45, 2.75) is 6.92 Å². The summed E-state index contributed by atoms with van der Waals surface area (Å²) in [7, 11) is 1.60. The van der Waals surface area contributed by atoms with Crippen LogP contribution in [-0.2, 0) is 4.74 Å². The van der Waals surface area contributed by atoms with Crippen molar-refractivity contribution >= 4 is 17.6 Å². The van der Waals surface area contributed by atoms with E-state index in [4.69, 9.17) is 9.47 Å². The molecule has 0 radical (unpaired) electrons. The minimum atomic E-state index is -1.49. The van der Waals surface area contributed by atoms with E-state index in [9.17, 15) is 13.2 Å². The van der Waals surface area contributed by atoms with Crippen molar-refractivity contribution in [3.63, 3.8) is 0 Å². The van der Waals surface area contributed by atoms with Gasteiger partial charge >= 0.3 is 0 Å². The topological polar surface area (TPSA) is 55.1 Å². The summed E-state index contributed by atoms with van der Waals surface area (Å²) in [4.78, 5) is 8.84. The number of halogens is 3. The first-order chi connectivity index (χ1) is 16.4. The summed E-state index contributed by atoms with van der Waals surface area (Å²) >= 11 is 0. The predicted octanol–water partition coefficient (Wildman–Crippen LogP) is 4.11. The van der Waals surface area contributed by atoms with Gasteiger partial charge in [-0.15, -0.1) is 0 Å². The fraction of sp³-hybridized carbons (Fsp3) is 0.250. The molecule has 2 aliphatic heterocycles. The number of nitrogens with zero attached hydrogens (tertiary/aromatic N) is 5. The number of aliphatic imine (C=N–C) groups is 1. The number of anilines is 1. The third kappa shape index (κ3) is 3.95. The quantitative estimate of drug-likeness (QED) is 0.539. The maximum Gasteiger partial charge on any atom is 0.194 e. The van der Waals surface area contributed by atoms with Gasteiger partial charge in [-0.3, -0.25) is 15.0 Å². The lowest BCUT2D eigenvalue weighted by Gasteiger charge is -2.43. The van der Waals surface area contributed by atoms with Crippen LogP contribution in [0.3, 0.4) is 0 Å². The summed E-state index contributed by atoms with van der Waals surface area (Å²) in [6, 6.07) is 7.70. The highest BCUT2D eigenvalue weighted by Gasteiger charge is 2.31. The van der Waals surface area contributed by atoms with Crippen molar-refractivity contribution in [1.29, 1.82) is 0 Å². The number of imidazole rings is 1. The molecule has 0 atom stereocenters. The van der Waals surface area contributed by atoms with Crippen molar-refractivity contribution in [2.75, 3.05) is 38.4 Å². The highest BCUT2D eigenvalue weighted by atomic mass is 19.2. The molecule has 3 aromatic rings. The molecule has 0 unspecified atom stereocenters. The Labute approximate surface area is 194 Å². The van der Waals surface area contributed by atoms with E-state index in [1.807, 2.05) is 42.0 Å². The van der Waals surface area contributed by atoms with E-state index in [0.717, 1.165) is 29.1 Å². The van der Waals surface area contributed by atoms with E-state index >= 15 is 0 Å². The van der Waals surface area contributed by atoms with Crippen LogP contribution in [0.15, 0.2) is 53.6 Å². The van der Waals surface area contributed by atoms with Crippen molar-refractivity contribution < 1.29 is 22.6 Å². The third-order valence-electron chi connectivity index (χ3n) is 5.65. The molecule has 10 heteroatoms. The Morgan fingerprint density at radius 2 is 1.85 bits per heavy atom. The standard InChI is InChI=1S/C24H22F3N5O2/c1-15-13-30(14-29-15)20-4-3-16(9-21(20)33-2)10-22-24-28-5-6-31(32(24)7-8-34-22)17-11-18(25)23(27)19(26)12-17/h3-4,9-14H,5-8H2,1-2H3/b22-10-. The van der Waals surface area contributed by atoms with Gasteiger partial charge in [0.25, 0.3) is 0 Å². The minimum Gasteiger partial charge on any atom is -0.495 e. The molecule has 176 valence electrons. The van der Waals surface area contributed by atoms with Crippen LogP contribution in [-0.4, -0.2) is 53.7 Å². The summed E-state index contributed by atoms with van der Waals surface area (Å²) in [5, 5.41) is 3.49. The number of hydrazine groups is 1. The van der Waals surface area contributed by atoms with E-state index in [2.05, 4.69) is 9.98 Å². The Balaban J connectivity index is 1.46. The van der Waals surface area contributed by atoms with Gasteiger partial charge in [0, 0.05) is 18.3 Å². The monoisotopic (exact) mass is 469 g/mol. The normalized spacial score (nSPS) is 16.9. The number of aryl methyl sites for hydroxylation is 1. The average molecular weight is 469 g/mol. The molecular formula is C24H22F3N5O2. The molecule has 0 spiro atoms. The largest absolute Gasteiger partial charge is 0.495 e. The number of aromatic nitrogens is 2. The Morgan fingerprint density at radius 1 is 1.06 bits per heavy atom. The van der Waals surface area contributed by atoms with Gasteiger partial charge in [-0.05, 0) is 30.7 Å². The van der Waals surface area contributed by atoms with Crippen LogP contribution in [0.25, 0.3) is 11.8 Å². The number of hydrogen-bond acceptors (Lipinski definition) is 6. The maximum absolute atomic E-state index is 13.9. The molecular weight excluding hydrogens is 447 g/mol. The SMILES string of the molecule is COc1cc(/C=C2\OCCN3C2=NCCN3c2cc(F)c(F)c(F)c2)ccc1-n1cnc(C)c1. The van der Waals surface area contributed by atoms with Crippen LogP contribution >= 0.6 is 0 Å². The summed E-state index contributed by atoms with van der Waals surface area (Å²) in [5.41, 5.74) is 2.78. The van der Waals surface area contributed by atoms with Crippen LogP contribution < -0.4 is 9.75 Å². The second-order valence-electron chi connectivity index (χ2n) is 7.89. The Hall–Kier alpha value is -3.95. The smallest absolute Gasteiger partial charge is 0.194 e. The van der Waals surface area contributed by atoms with E-state index < -0.39 is 17.5 Å². The number of amidine groups is 1. The molecule has 2 aromatic carbocycles. The molecule has 34 heavy (non-hydrogen) atoms. The summed E-state index contributed by atoms with van der Waals surface area (Å²) < 4.78 is 54.6. The molecule has 1 saturated heterocycles. The minimum absolute atomic E-state index is 0.215. The molecule has 7 nitrogen and oxygen atoms in total. The number of morpholine rings is 1. The zero-order valence-electron chi connectivity index (χ0n) is 18.6. The van der Waals surface area contributed by atoms with Crippen molar-refractivity contribution in [3.8, 4) is 11.4 Å². The van der Waals surface area contributed by atoms with E-state index in [0.29, 0.717) is 43.6 Å². The van der Waals surface area contributed by atoms with Gasteiger partial charge in [-0.25, -0.2) is 18.2 Å². The first-order valence-electron chi connectivity index (χ1n) is 10.7. The van der Waals surface area contributed by atoms with Crippen LogP contribution in [0.1, 0.15) is 11.3 Å². The lowest BCUT2D eigenvalue weighted by molar-refractivity contribution is 0.160. The van der Waals surface area contributed by atoms with E-state index in [1.165, 1.54) is 0 Å². The second kappa shape index (κ2) is 8.77. The highest BCUT2D eigenvalue weighted by Crippen LogP contribution is 2.30. The molecule has 0 saturated carbocycles. The van der Waals surface area contributed by atoms with Gasteiger partial charge in [0.05, 0.1) is 50.1 Å². The van der Waals surface area contributed by atoms with Gasteiger partial charge in [0.1, 0.15) is 12.4 Å². The Kier molecular flexibility index (Phi) is 5.64. The number of rotatable bonds is 4. The molecule has 1 fully saturated rings. The summed E-state index contributed by atoms with van der Waals surface area (Å²) in [6.07, 6.45) is 5.47. The fourth-order valence-corrected chi connectivity index (χ4v) is 4.07. The van der Waals surface area contributed by atoms with Crippen LogP contribution in [0, 0.1) is 24.4 Å². The van der Waals surface area contributed by atoms with Gasteiger partial charge in [0.15, 0.2) is 29.0 Å². The average Bonchev–Trinajstić information content (AvgIpc) is 3.28. The van der Waals surface area contributed by atoms with Crippen molar-refractivity contribution in [2.24, 2.45) is 4.99 Å². The zero-order valence-corrected chi connectivity index (χ0v) is 18.6. The van der Waals surface area contributed by atoms with Crippen LogP contribution in [0.4, 0.5) is 18.9 Å².